The molecule has 0 saturated heterocycles. The van der Waals surface area contributed by atoms with E-state index >= 15 is 0 Å². The predicted molar refractivity (Wildman–Crippen MR) is 74.3 cm³/mol. The molecule has 0 bridgehead atoms. The number of methoxy groups -OCH3 is 1. The molecule has 0 fully saturated rings. The van der Waals surface area contributed by atoms with Gasteiger partial charge in [0.15, 0.2) is 0 Å². The number of rotatable bonds is 7. The van der Waals surface area contributed by atoms with Gasteiger partial charge >= 0.3 is 0 Å². The van der Waals surface area contributed by atoms with Crippen molar-refractivity contribution in [2.75, 3.05) is 20.8 Å². The Morgan fingerprint density at radius 2 is 2.11 bits per heavy atom. The molecule has 1 heterocycles. The van der Waals surface area contributed by atoms with E-state index in [2.05, 4.69) is 15.6 Å². The van der Waals surface area contributed by atoms with Crippen LogP contribution in [-0.4, -0.2) is 35.8 Å². The monoisotopic (exact) mass is 260 g/mol. The summed E-state index contributed by atoms with van der Waals surface area (Å²) in [6.07, 6.45) is 3.81. The maximum absolute atomic E-state index is 5.10. The van der Waals surface area contributed by atoms with Crippen LogP contribution in [0.15, 0.2) is 36.5 Å². The molecule has 1 atom stereocenters. The summed E-state index contributed by atoms with van der Waals surface area (Å²) in [5, 5.41) is 11.5. The Bertz CT molecular complexity index is 483. The highest BCUT2D eigenvalue weighted by Crippen LogP contribution is 2.20. The molecule has 19 heavy (non-hydrogen) atoms. The van der Waals surface area contributed by atoms with Crippen molar-refractivity contribution in [3.05, 3.63) is 42.2 Å². The zero-order chi connectivity index (χ0) is 13.5. The Hall–Kier alpha value is -1.72. The lowest BCUT2D eigenvalue weighted by atomic mass is 10.1. The highest BCUT2D eigenvalue weighted by atomic mass is 16.5. The van der Waals surface area contributed by atoms with Crippen molar-refractivity contribution in [3.63, 3.8) is 0 Å². The Morgan fingerprint density at radius 1 is 1.32 bits per heavy atom. The molecule has 2 rings (SSSR count). The van der Waals surface area contributed by atoms with Crippen LogP contribution in [0.3, 0.4) is 0 Å². The van der Waals surface area contributed by atoms with Crippen LogP contribution in [-0.2, 0) is 4.74 Å². The minimum Gasteiger partial charge on any atom is -0.385 e. The molecule has 0 radical (unpaired) electrons. The Labute approximate surface area is 113 Å². The lowest BCUT2D eigenvalue weighted by Gasteiger charge is -2.16. The van der Waals surface area contributed by atoms with Crippen LogP contribution in [0.2, 0.25) is 0 Å². The van der Waals surface area contributed by atoms with Gasteiger partial charge in [-0.15, -0.1) is 5.10 Å². The van der Waals surface area contributed by atoms with Crippen LogP contribution in [0.4, 0.5) is 0 Å². The maximum atomic E-state index is 5.10. The van der Waals surface area contributed by atoms with Gasteiger partial charge in [0.25, 0.3) is 0 Å². The molecule has 2 aromatic rings. The maximum Gasteiger partial charge on any atom is 0.0815 e. The van der Waals surface area contributed by atoms with Crippen LogP contribution in [0.5, 0.6) is 0 Å². The smallest absolute Gasteiger partial charge is 0.0815 e. The zero-order valence-corrected chi connectivity index (χ0v) is 11.4. The highest BCUT2D eigenvalue weighted by Gasteiger charge is 2.15. The second-order valence-corrected chi connectivity index (χ2v) is 4.38. The molecule has 0 saturated carbocycles. The third kappa shape index (κ3) is 3.39. The summed E-state index contributed by atoms with van der Waals surface area (Å²) in [6, 6.07) is 10.3. The molecule has 0 amide bonds. The fourth-order valence-corrected chi connectivity index (χ4v) is 2.12. The van der Waals surface area contributed by atoms with E-state index in [4.69, 9.17) is 4.74 Å². The molecule has 1 aromatic heterocycles. The van der Waals surface area contributed by atoms with E-state index in [1.165, 1.54) is 0 Å². The van der Waals surface area contributed by atoms with Crippen LogP contribution in [0.25, 0.3) is 5.69 Å². The molecule has 1 aromatic carbocycles. The number of para-hydroxylation sites is 1. The van der Waals surface area contributed by atoms with Crippen molar-refractivity contribution in [2.45, 2.75) is 18.9 Å². The standard InChI is InChI=1S/C14H20N4O/c1-15-13(9-6-10-19-2)14-11-16-17-18(14)12-7-4-3-5-8-12/h3-5,7-8,11,13,15H,6,9-10H2,1-2H3. The second-order valence-electron chi connectivity index (χ2n) is 4.38. The van der Waals surface area contributed by atoms with Crippen molar-refractivity contribution in [2.24, 2.45) is 0 Å². The largest absolute Gasteiger partial charge is 0.385 e. The quantitative estimate of drug-likeness (QED) is 0.773. The van der Waals surface area contributed by atoms with Crippen molar-refractivity contribution in [1.29, 1.82) is 0 Å². The Morgan fingerprint density at radius 3 is 2.79 bits per heavy atom. The molecule has 0 aliphatic carbocycles. The van der Waals surface area contributed by atoms with Gasteiger partial charge < -0.3 is 10.1 Å². The summed E-state index contributed by atoms with van der Waals surface area (Å²) in [4.78, 5) is 0. The minimum absolute atomic E-state index is 0.227. The fourth-order valence-electron chi connectivity index (χ4n) is 2.12. The van der Waals surface area contributed by atoms with E-state index in [0.29, 0.717) is 0 Å². The summed E-state index contributed by atoms with van der Waals surface area (Å²) in [7, 11) is 3.68. The molecule has 0 aliphatic rings. The molecular weight excluding hydrogens is 240 g/mol. The van der Waals surface area contributed by atoms with Gasteiger partial charge in [0.05, 0.1) is 23.6 Å². The van der Waals surface area contributed by atoms with Gasteiger partial charge in [-0.05, 0) is 32.0 Å². The number of nitrogens with zero attached hydrogens (tertiary/aromatic N) is 3. The Balaban J connectivity index is 2.18. The third-order valence-corrected chi connectivity index (χ3v) is 3.12. The number of hydrogen-bond donors (Lipinski definition) is 1. The first-order valence-electron chi connectivity index (χ1n) is 6.49. The molecule has 1 unspecified atom stereocenters. The topological polar surface area (TPSA) is 52.0 Å². The summed E-state index contributed by atoms with van der Waals surface area (Å²) in [6.45, 7) is 0.769. The normalized spacial score (nSPS) is 12.5. The van der Waals surface area contributed by atoms with E-state index in [-0.39, 0.29) is 6.04 Å². The summed E-state index contributed by atoms with van der Waals surface area (Å²) >= 11 is 0. The van der Waals surface area contributed by atoms with Gasteiger partial charge in [0, 0.05) is 13.7 Å². The predicted octanol–water partition coefficient (Wildman–Crippen LogP) is 1.95. The fraction of sp³-hybridized carbons (Fsp3) is 0.429. The van der Waals surface area contributed by atoms with E-state index in [1.807, 2.05) is 48.3 Å². The van der Waals surface area contributed by atoms with E-state index in [0.717, 1.165) is 30.8 Å². The Kier molecular flexibility index (Phi) is 5.06. The van der Waals surface area contributed by atoms with Crippen LogP contribution < -0.4 is 5.32 Å². The van der Waals surface area contributed by atoms with E-state index in [1.54, 1.807) is 7.11 Å². The lowest BCUT2D eigenvalue weighted by molar-refractivity contribution is 0.189. The van der Waals surface area contributed by atoms with Crippen molar-refractivity contribution >= 4 is 0 Å². The second kappa shape index (κ2) is 7.01. The van der Waals surface area contributed by atoms with Gasteiger partial charge in [-0.25, -0.2) is 4.68 Å². The molecule has 0 aliphatic heterocycles. The number of hydrogen-bond acceptors (Lipinski definition) is 4. The van der Waals surface area contributed by atoms with Crippen molar-refractivity contribution in [1.82, 2.24) is 20.3 Å². The van der Waals surface area contributed by atoms with Crippen molar-refractivity contribution < 1.29 is 4.74 Å². The van der Waals surface area contributed by atoms with Gasteiger partial charge in [-0.3, -0.25) is 0 Å². The average molecular weight is 260 g/mol. The zero-order valence-electron chi connectivity index (χ0n) is 11.4. The molecule has 1 N–H and O–H groups in total. The average Bonchev–Trinajstić information content (AvgIpc) is 2.94. The molecule has 0 spiro atoms. The van der Waals surface area contributed by atoms with Crippen molar-refractivity contribution in [3.8, 4) is 5.69 Å². The number of nitrogens with one attached hydrogen (secondary N) is 1. The van der Waals surface area contributed by atoms with Gasteiger partial charge in [-0.2, -0.15) is 0 Å². The van der Waals surface area contributed by atoms with E-state index < -0.39 is 0 Å². The first-order valence-corrected chi connectivity index (χ1v) is 6.49. The van der Waals surface area contributed by atoms with Gasteiger partial charge in [-0.1, -0.05) is 23.4 Å². The number of benzene rings is 1. The number of aromatic nitrogens is 3. The first-order chi connectivity index (χ1) is 9.36. The summed E-state index contributed by atoms with van der Waals surface area (Å²) in [5.41, 5.74) is 2.10. The van der Waals surface area contributed by atoms with Crippen LogP contribution in [0.1, 0.15) is 24.6 Å². The summed E-state index contributed by atoms with van der Waals surface area (Å²) < 4.78 is 6.99. The highest BCUT2D eigenvalue weighted by molar-refractivity contribution is 5.32. The molecule has 5 nitrogen and oxygen atoms in total. The SMILES string of the molecule is CNC(CCCOC)c1cnnn1-c1ccccc1. The van der Waals surface area contributed by atoms with Gasteiger partial charge in [0.1, 0.15) is 0 Å². The molecule has 102 valence electrons. The van der Waals surface area contributed by atoms with Crippen LogP contribution in [0, 0.1) is 0 Å². The third-order valence-electron chi connectivity index (χ3n) is 3.12. The number of ether oxygens (including phenoxy) is 1. The molecular formula is C14H20N4O. The van der Waals surface area contributed by atoms with Gasteiger partial charge in [0.2, 0.25) is 0 Å². The first kappa shape index (κ1) is 13.7. The minimum atomic E-state index is 0.227. The van der Waals surface area contributed by atoms with Crippen LogP contribution >= 0.6 is 0 Å². The summed E-state index contributed by atoms with van der Waals surface area (Å²) in [5.74, 6) is 0. The molecule has 5 heteroatoms. The lowest BCUT2D eigenvalue weighted by Crippen LogP contribution is -2.20. The van der Waals surface area contributed by atoms with E-state index in [9.17, 15) is 0 Å².